The van der Waals surface area contributed by atoms with E-state index >= 15 is 0 Å². The molecular weight excluding hydrogens is 436 g/mol. The highest BCUT2D eigenvalue weighted by molar-refractivity contribution is 7.21. The second-order valence-corrected chi connectivity index (χ2v) is 9.48. The van der Waals surface area contributed by atoms with Crippen molar-refractivity contribution >= 4 is 38.6 Å². The highest BCUT2D eigenvalue weighted by atomic mass is 32.1. The van der Waals surface area contributed by atoms with Gasteiger partial charge in [0.05, 0.1) is 18.3 Å². The minimum Gasteiger partial charge on any atom is -0.393 e. The monoisotopic (exact) mass is 461 g/mol. The summed E-state index contributed by atoms with van der Waals surface area (Å²) in [5.41, 5.74) is 1.46. The van der Waals surface area contributed by atoms with Crippen molar-refractivity contribution in [3.05, 3.63) is 30.1 Å². The predicted molar refractivity (Wildman–Crippen MR) is 119 cm³/mol. The fraction of sp³-hybridized carbons (Fsp3) is 0.524. The van der Waals surface area contributed by atoms with E-state index in [0.29, 0.717) is 35.7 Å². The largest absolute Gasteiger partial charge is 0.393 e. The number of fused-ring (bicyclic) bond motifs is 1. The Morgan fingerprint density at radius 3 is 2.78 bits per heavy atom. The molecule has 3 aromatic rings. The minimum atomic E-state index is -2.65. The van der Waals surface area contributed by atoms with Crippen LogP contribution >= 0.6 is 11.3 Å². The van der Waals surface area contributed by atoms with E-state index < -0.39 is 5.92 Å². The number of nitrogens with one attached hydrogen (secondary N) is 2. The van der Waals surface area contributed by atoms with Crippen LogP contribution in [0, 0.1) is 0 Å². The van der Waals surface area contributed by atoms with Crippen molar-refractivity contribution in [1.82, 2.24) is 24.8 Å². The molecule has 2 fully saturated rings. The molecule has 0 amide bonds. The Labute approximate surface area is 188 Å². The van der Waals surface area contributed by atoms with Crippen molar-refractivity contribution in [2.24, 2.45) is 0 Å². The van der Waals surface area contributed by atoms with E-state index in [2.05, 4.69) is 30.6 Å². The molecule has 1 aliphatic carbocycles. The number of alkyl halides is 2. The maximum Gasteiger partial charge on any atom is 0.261 e. The first-order valence-corrected chi connectivity index (χ1v) is 11.6. The van der Waals surface area contributed by atoms with Gasteiger partial charge in [-0.2, -0.15) is 4.98 Å². The van der Waals surface area contributed by atoms with Gasteiger partial charge in [0.25, 0.3) is 5.92 Å². The molecule has 170 valence electrons. The number of likely N-dealkylation sites (tertiary alicyclic amines) is 1. The molecule has 1 saturated carbocycles. The summed E-state index contributed by atoms with van der Waals surface area (Å²) < 4.78 is 27.3. The van der Waals surface area contributed by atoms with Crippen LogP contribution in [0.5, 0.6) is 0 Å². The van der Waals surface area contributed by atoms with Crippen LogP contribution < -0.4 is 10.6 Å². The van der Waals surface area contributed by atoms with Gasteiger partial charge in [0.2, 0.25) is 5.95 Å². The van der Waals surface area contributed by atoms with Gasteiger partial charge < -0.3 is 15.7 Å². The van der Waals surface area contributed by atoms with E-state index in [1.807, 2.05) is 12.1 Å². The molecule has 32 heavy (non-hydrogen) atoms. The van der Waals surface area contributed by atoms with Crippen molar-refractivity contribution in [3.8, 4) is 0 Å². The van der Waals surface area contributed by atoms with Crippen molar-refractivity contribution in [1.29, 1.82) is 0 Å². The molecule has 2 aliphatic rings. The smallest absolute Gasteiger partial charge is 0.261 e. The molecule has 0 atom stereocenters. The molecule has 3 N–H and O–H groups in total. The number of aromatic nitrogens is 4. The van der Waals surface area contributed by atoms with E-state index in [1.54, 1.807) is 17.2 Å². The molecule has 0 bridgehead atoms. The van der Waals surface area contributed by atoms with E-state index in [-0.39, 0.29) is 25.1 Å². The Kier molecular flexibility index (Phi) is 5.87. The number of aliphatic hydroxyl groups is 1. The topological polar surface area (TPSA) is 99.1 Å². The molecule has 0 unspecified atom stereocenters. The van der Waals surface area contributed by atoms with E-state index in [0.717, 1.165) is 36.0 Å². The van der Waals surface area contributed by atoms with E-state index in [4.69, 9.17) is 0 Å². The number of hydrogen-bond acceptors (Lipinski definition) is 9. The van der Waals surface area contributed by atoms with Gasteiger partial charge in [-0.25, -0.2) is 23.7 Å². The quantitative estimate of drug-likeness (QED) is 0.510. The van der Waals surface area contributed by atoms with Gasteiger partial charge in [0, 0.05) is 37.8 Å². The molecule has 0 aromatic carbocycles. The van der Waals surface area contributed by atoms with Crippen molar-refractivity contribution in [3.63, 3.8) is 0 Å². The summed E-state index contributed by atoms with van der Waals surface area (Å²) in [5, 5.41) is 17.0. The molecule has 11 heteroatoms. The normalized spacial score (nSPS) is 23.5. The van der Waals surface area contributed by atoms with Gasteiger partial charge in [-0.15, -0.1) is 0 Å². The first-order valence-electron chi connectivity index (χ1n) is 10.8. The van der Waals surface area contributed by atoms with Crippen LogP contribution in [0.2, 0.25) is 0 Å². The van der Waals surface area contributed by atoms with E-state index in [9.17, 15) is 13.9 Å². The lowest BCUT2D eigenvalue weighted by atomic mass is 9.93. The number of anilines is 3. The lowest BCUT2D eigenvalue weighted by Gasteiger charge is -2.26. The predicted octanol–water partition coefficient (Wildman–Crippen LogP) is 3.78. The molecule has 0 radical (unpaired) electrons. The molecular formula is C21H25F2N7OS. The Hall–Kier alpha value is -2.50. The highest BCUT2D eigenvalue weighted by Crippen LogP contribution is 2.30. The number of hydrogen-bond donors (Lipinski definition) is 3. The van der Waals surface area contributed by atoms with Crippen LogP contribution in [-0.2, 0) is 6.54 Å². The number of nitrogens with zero attached hydrogens (tertiary/aromatic N) is 5. The molecule has 5 rings (SSSR count). The zero-order valence-corrected chi connectivity index (χ0v) is 18.3. The number of rotatable bonds is 6. The SMILES string of the molecule is O[C@H]1CC[C@H](Nc2nc(CN3CCC(F)(F)C3)cc(Nc3nc4cccnc4s3)n2)CC1. The molecule has 4 heterocycles. The Morgan fingerprint density at radius 2 is 2.03 bits per heavy atom. The Morgan fingerprint density at radius 1 is 1.19 bits per heavy atom. The molecule has 3 aromatic heterocycles. The Balaban J connectivity index is 1.37. The second-order valence-electron chi connectivity index (χ2n) is 8.51. The van der Waals surface area contributed by atoms with Gasteiger partial charge in [0.15, 0.2) is 5.13 Å². The van der Waals surface area contributed by atoms with Crippen molar-refractivity contribution in [2.75, 3.05) is 23.7 Å². The van der Waals surface area contributed by atoms with Gasteiger partial charge in [-0.3, -0.25) is 4.90 Å². The number of aliphatic hydroxyl groups excluding tert-OH is 1. The van der Waals surface area contributed by atoms with Crippen LogP contribution in [-0.4, -0.2) is 61.1 Å². The van der Waals surface area contributed by atoms with Crippen LogP contribution in [0.3, 0.4) is 0 Å². The summed E-state index contributed by atoms with van der Waals surface area (Å²) in [6.07, 6.45) is 4.49. The molecule has 0 spiro atoms. The average Bonchev–Trinajstić information content (AvgIpc) is 3.31. The highest BCUT2D eigenvalue weighted by Gasteiger charge is 2.38. The lowest BCUT2D eigenvalue weighted by molar-refractivity contribution is 0.0114. The van der Waals surface area contributed by atoms with Gasteiger partial charge >= 0.3 is 0 Å². The summed E-state index contributed by atoms with van der Waals surface area (Å²) in [6.45, 7) is 0.408. The standard InChI is InChI=1S/C21H25F2N7OS/c22-21(23)7-9-30(12-21)11-14-10-17(29-20-27-16-2-1-8-24-18(16)32-20)28-19(26-14)25-13-3-5-15(31)6-4-13/h1-2,8,10,13,15,31H,3-7,9,11-12H2,(H2,25,26,27,28,29)/t13-,15-. The fourth-order valence-electron chi connectivity index (χ4n) is 4.21. The zero-order valence-electron chi connectivity index (χ0n) is 17.5. The molecule has 1 aliphatic heterocycles. The summed E-state index contributed by atoms with van der Waals surface area (Å²) in [7, 11) is 0. The third kappa shape index (κ3) is 5.11. The van der Waals surface area contributed by atoms with Gasteiger partial charge in [-0.1, -0.05) is 11.3 Å². The fourth-order valence-corrected chi connectivity index (χ4v) is 5.03. The van der Waals surface area contributed by atoms with Crippen LogP contribution in [0.25, 0.3) is 10.3 Å². The van der Waals surface area contributed by atoms with Crippen LogP contribution in [0.4, 0.5) is 25.7 Å². The zero-order chi connectivity index (χ0) is 22.1. The van der Waals surface area contributed by atoms with Gasteiger partial charge in [-0.05, 0) is 37.8 Å². The van der Waals surface area contributed by atoms with Crippen molar-refractivity contribution in [2.45, 2.75) is 56.7 Å². The number of thiazole rings is 1. The average molecular weight is 462 g/mol. The van der Waals surface area contributed by atoms with Gasteiger partial charge in [0.1, 0.15) is 16.2 Å². The first kappa shape index (κ1) is 21.4. The first-order chi connectivity index (χ1) is 15.4. The summed E-state index contributed by atoms with van der Waals surface area (Å²) in [4.78, 5) is 20.6. The summed E-state index contributed by atoms with van der Waals surface area (Å²) >= 11 is 1.42. The third-order valence-electron chi connectivity index (χ3n) is 5.84. The molecule has 8 nitrogen and oxygen atoms in total. The number of halogens is 2. The second kappa shape index (κ2) is 8.80. The lowest BCUT2D eigenvalue weighted by Crippen LogP contribution is -2.29. The van der Waals surface area contributed by atoms with Crippen LogP contribution in [0.1, 0.15) is 37.8 Å². The summed E-state index contributed by atoms with van der Waals surface area (Å²) in [5.74, 6) is -1.64. The maximum absolute atomic E-state index is 13.7. The number of pyridine rings is 1. The minimum absolute atomic E-state index is 0.128. The van der Waals surface area contributed by atoms with Crippen LogP contribution in [0.15, 0.2) is 24.4 Å². The van der Waals surface area contributed by atoms with E-state index in [1.165, 1.54) is 11.3 Å². The van der Waals surface area contributed by atoms with Crippen molar-refractivity contribution < 1.29 is 13.9 Å². The molecule has 1 saturated heterocycles. The summed E-state index contributed by atoms with van der Waals surface area (Å²) in [6, 6.07) is 5.69. The third-order valence-corrected chi connectivity index (χ3v) is 6.74. The Bertz CT molecular complexity index is 1050. The maximum atomic E-state index is 13.7.